The van der Waals surface area contributed by atoms with E-state index in [4.69, 9.17) is 16.7 Å². The van der Waals surface area contributed by atoms with Crippen molar-refractivity contribution in [3.63, 3.8) is 0 Å². The third kappa shape index (κ3) is 5.33. The molecular formula is C20H22ClFN2O4S. The molecule has 0 bridgehead atoms. The average Bonchev–Trinajstić information content (AvgIpc) is 2.70. The van der Waals surface area contributed by atoms with Crippen molar-refractivity contribution in [3.05, 3.63) is 64.9 Å². The predicted octanol–water partition coefficient (Wildman–Crippen LogP) is 3.39. The van der Waals surface area contributed by atoms with Gasteiger partial charge in [-0.25, -0.2) is 12.8 Å². The van der Waals surface area contributed by atoms with Crippen molar-refractivity contribution in [2.75, 3.05) is 26.2 Å². The molecule has 9 heteroatoms. The van der Waals surface area contributed by atoms with Crippen molar-refractivity contribution in [1.29, 1.82) is 0 Å². The van der Waals surface area contributed by atoms with Gasteiger partial charge in [0.05, 0.1) is 4.90 Å². The van der Waals surface area contributed by atoms with E-state index in [9.17, 15) is 17.6 Å². The van der Waals surface area contributed by atoms with Gasteiger partial charge in [0, 0.05) is 43.7 Å². The number of carboxylic acid groups (broad SMARTS) is 1. The molecule has 1 heterocycles. The van der Waals surface area contributed by atoms with Crippen LogP contribution in [0.3, 0.4) is 0 Å². The number of halogens is 2. The average molecular weight is 441 g/mol. The molecule has 1 aliphatic heterocycles. The van der Waals surface area contributed by atoms with Crippen LogP contribution in [0.2, 0.25) is 5.02 Å². The molecule has 1 atom stereocenters. The quantitative estimate of drug-likeness (QED) is 0.714. The first-order chi connectivity index (χ1) is 13.8. The molecule has 0 aliphatic carbocycles. The van der Waals surface area contributed by atoms with Crippen LogP contribution in [0.1, 0.15) is 24.4 Å². The summed E-state index contributed by atoms with van der Waals surface area (Å²) in [5.74, 6) is -1.26. The van der Waals surface area contributed by atoms with Crippen LogP contribution in [0.4, 0.5) is 4.39 Å². The molecule has 29 heavy (non-hydrogen) atoms. The summed E-state index contributed by atoms with van der Waals surface area (Å²) < 4.78 is 40.4. The highest BCUT2D eigenvalue weighted by Gasteiger charge is 2.31. The number of benzene rings is 2. The Bertz CT molecular complexity index is 943. The van der Waals surface area contributed by atoms with Gasteiger partial charge in [0.25, 0.3) is 0 Å². The van der Waals surface area contributed by atoms with E-state index in [1.54, 1.807) is 24.3 Å². The van der Waals surface area contributed by atoms with Crippen molar-refractivity contribution in [3.8, 4) is 0 Å². The number of carboxylic acids is 1. The van der Waals surface area contributed by atoms with E-state index in [-0.39, 0.29) is 36.3 Å². The first-order valence-corrected chi connectivity index (χ1v) is 11.1. The van der Waals surface area contributed by atoms with Gasteiger partial charge in [0.2, 0.25) is 10.0 Å². The number of hydrogen-bond donors (Lipinski definition) is 1. The molecule has 2 aromatic rings. The lowest BCUT2D eigenvalue weighted by Gasteiger charge is -2.39. The van der Waals surface area contributed by atoms with Gasteiger partial charge in [0.1, 0.15) is 5.82 Å². The number of hydrogen-bond acceptors (Lipinski definition) is 4. The third-order valence-corrected chi connectivity index (χ3v) is 7.22. The molecule has 0 radical (unpaired) electrons. The van der Waals surface area contributed by atoms with Crippen LogP contribution in [0, 0.1) is 5.82 Å². The Labute approximate surface area is 174 Å². The van der Waals surface area contributed by atoms with Gasteiger partial charge in [0.15, 0.2) is 0 Å². The fourth-order valence-corrected chi connectivity index (χ4v) is 5.06. The lowest BCUT2D eigenvalue weighted by molar-refractivity contribution is -0.137. The van der Waals surface area contributed by atoms with E-state index in [2.05, 4.69) is 4.90 Å². The first kappa shape index (κ1) is 21.7. The summed E-state index contributed by atoms with van der Waals surface area (Å²) in [6.45, 7) is 1.48. The number of aliphatic carboxylic acids is 1. The zero-order chi connectivity index (χ0) is 21.0. The number of rotatable bonds is 7. The van der Waals surface area contributed by atoms with Crippen LogP contribution in [-0.4, -0.2) is 54.9 Å². The zero-order valence-electron chi connectivity index (χ0n) is 15.7. The maximum atomic E-state index is 13.3. The SMILES string of the molecule is O=C(O)CC[C@@H](c1ccc(F)cc1)N1CCN(S(=O)(=O)c2ccc(Cl)cc2)CC1. The van der Waals surface area contributed by atoms with Crippen LogP contribution in [0.15, 0.2) is 53.4 Å². The van der Waals surface area contributed by atoms with E-state index in [0.717, 1.165) is 5.56 Å². The fourth-order valence-electron chi connectivity index (χ4n) is 3.52. The summed E-state index contributed by atoms with van der Waals surface area (Å²) in [6.07, 6.45) is 0.343. The standard InChI is InChI=1S/C20H22ClFN2O4S/c21-16-3-7-18(8-4-16)29(27,28)24-13-11-23(12-14-24)19(9-10-20(25)26)15-1-5-17(22)6-2-15/h1-8,19H,9-14H2,(H,25,26)/t19-/m0/s1. The lowest BCUT2D eigenvalue weighted by Crippen LogP contribution is -2.49. The molecule has 3 rings (SSSR count). The maximum Gasteiger partial charge on any atom is 0.303 e. The van der Waals surface area contributed by atoms with Crippen LogP contribution in [0.5, 0.6) is 0 Å². The summed E-state index contributed by atoms with van der Waals surface area (Å²) in [5.41, 5.74) is 0.821. The smallest absolute Gasteiger partial charge is 0.303 e. The van der Waals surface area contributed by atoms with Gasteiger partial charge >= 0.3 is 5.97 Å². The number of sulfonamides is 1. The zero-order valence-corrected chi connectivity index (χ0v) is 17.2. The molecule has 156 valence electrons. The van der Waals surface area contributed by atoms with Gasteiger partial charge in [-0.15, -0.1) is 0 Å². The predicted molar refractivity (Wildman–Crippen MR) is 108 cm³/mol. The Hall–Kier alpha value is -2.00. The lowest BCUT2D eigenvalue weighted by atomic mass is 9.99. The first-order valence-electron chi connectivity index (χ1n) is 9.24. The van der Waals surface area contributed by atoms with Gasteiger partial charge in [-0.3, -0.25) is 9.69 Å². The van der Waals surface area contributed by atoms with Crippen molar-refractivity contribution in [2.24, 2.45) is 0 Å². The van der Waals surface area contributed by atoms with E-state index in [1.807, 2.05) is 0 Å². The Kier molecular flexibility index (Phi) is 6.89. The molecule has 0 spiro atoms. The highest BCUT2D eigenvalue weighted by atomic mass is 35.5. The monoisotopic (exact) mass is 440 g/mol. The van der Waals surface area contributed by atoms with Crippen molar-refractivity contribution < 1.29 is 22.7 Å². The Balaban J connectivity index is 1.72. The van der Waals surface area contributed by atoms with E-state index < -0.39 is 16.0 Å². The van der Waals surface area contributed by atoms with Gasteiger partial charge in [-0.1, -0.05) is 23.7 Å². The molecule has 0 aromatic heterocycles. The molecular weight excluding hydrogens is 419 g/mol. The summed E-state index contributed by atoms with van der Waals surface area (Å²) in [6, 6.07) is 11.8. The summed E-state index contributed by atoms with van der Waals surface area (Å²) in [7, 11) is -3.62. The second-order valence-corrected chi connectivity index (χ2v) is 9.27. The minimum absolute atomic E-state index is 0.0225. The molecule has 1 saturated heterocycles. The molecule has 1 aliphatic rings. The number of carbonyl (C=O) groups is 1. The molecule has 2 aromatic carbocycles. The maximum absolute atomic E-state index is 13.3. The van der Waals surface area contributed by atoms with Crippen LogP contribution in [-0.2, 0) is 14.8 Å². The summed E-state index contributed by atoms with van der Waals surface area (Å²) in [4.78, 5) is 13.3. The van der Waals surface area contributed by atoms with Crippen molar-refractivity contribution >= 4 is 27.6 Å². The van der Waals surface area contributed by atoms with E-state index >= 15 is 0 Å². The van der Waals surface area contributed by atoms with Crippen LogP contribution >= 0.6 is 11.6 Å². The van der Waals surface area contributed by atoms with Crippen molar-refractivity contribution in [2.45, 2.75) is 23.8 Å². The second kappa shape index (κ2) is 9.21. The highest BCUT2D eigenvalue weighted by molar-refractivity contribution is 7.89. The number of nitrogens with zero attached hydrogens (tertiary/aromatic N) is 2. The fraction of sp³-hybridized carbons (Fsp3) is 0.350. The van der Waals surface area contributed by atoms with E-state index in [0.29, 0.717) is 24.5 Å². The van der Waals surface area contributed by atoms with Crippen LogP contribution in [0.25, 0.3) is 0 Å². The summed E-state index contributed by atoms with van der Waals surface area (Å²) in [5, 5.41) is 9.54. The van der Waals surface area contributed by atoms with Gasteiger partial charge < -0.3 is 5.11 Å². The minimum atomic E-state index is -3.62. The second-order valence-electron chi connectivity index (χ2n) is 6.89. The Morgan fingerprint density at radius 2 is 1.62 bits per heavy atom. The number of piperazine rings is 1. The molecule has 1 N–H and O–H groups in total. The van der Waals surface area contributed by atoms with Gasteiger partial charge in [-0.05, 0) is 48.4 Å². The highest BCUT2D eigenvalue weighted by Crippen LogP contribution is 2.28. The Morgan fingerprint density at radius 3 is 2.17 bits per heavy atom. The van der Waals surface area contributed by atoms with E-state index in [1.165, 1.54) is 28.6 Å². The van der Waals surface area contributed by atoms with Crippen molar-refractivity contribution in [1.82, 2.24) is 9.21 Å². The molecule has 0 amide bonds. The molecule has 0 unspecified atom stereocenters. The Morgan fingerprint density at radius 1 is 1.03 bits per heavy atom. The van der Waals surface area contributed by atoms with Crippen LogP contribution < -0.4 is 0 Å². The molecule has 0 saturated carbocycles. The largest absolute Gasteiger partial charge is 0.481 e. The summed E-state index contributed by atoms with van der Waals surface area (Å²) >= 11 is 5.84. The normalized spacial score (nSPS) is 17.2. The minimum Gasteiger partial charge on any atom is -0.481 e. The van der Waals surface area contributed by atoms with Gasteiger partial charge in [-0.2, -0.15) is 4.31 Å². The molecule has 6 nitrogen and oxygen atoms in total. The topological polar surface area (TPSA) is 77.9 Å². The molecule has 1 fully saturated rings. The third-order valence-electron chi connectivity index (χ3n) is 5.05.